The maximum Gasteiger partial charge on any atom is 0.251 e. The van der Waals surface area contributed by atoms with Crippen LogP contribution in [-0.2, 0) is 25.5 Å². The molecule has 0 spiro atoms. The summed E-state index contributed by atoms with van der Waals surface area (Å²) in [6.07, 6.45) is 7.24. The van der Waals surface area contributed by atoms with Gasteiger partial charge in [0.1, 0.15) is 0 Å². The average Bonchev–Trinajstić information content (AvgIpc) is 3.32. The minimum atomic E-state index is -1.21. The van der Waals surface area contributed by atoms with Gasteiger partial charge in [-0.1, -0.05) is 30.3 Å². The summed E-state index contributed by atoms with van der Waals surface area (Å²) in [6, 6.07) is 11.8. The molecule has 2 aromatic rings. The standard InChI is InChI=1S/C24H29N3O4/c25-23(29)24(15-18-5-7-19(8-6-18)20-3-1-11-26-16-20)17-27(12-14-31-24)22(28)10-9-21-4-2-13-30-21/h1,3,5-8,11,16,21H,2,4,9-10,12-15,17H2,(H2,25,29). The zero-order valence-electron chi connectivity index (χ0n) is 17.7. The van der Waals surface area contributed by atoms with Crippen LogP contribution in [0.25, 0.3) is 11.1 Å². The van der Waals surface area contributed by atoms with Crippen molar-refractivity contribution in [2.45, 2.75) is 43.8 Å². The van der Waals surface area contributed by atoms with Crippen molar-refractivity contribution in [3.63, 3.8) is 0 Å². The average molecular weight is 424 g/mol. The maximum absolute atomic E-state index is 12.8. The Balaban J connectivity index is 1.42. The molecule has 2 unspecified atom stereocenters. The summed E-state index contributed by atoms with van der Waals surface area (Å²) in [4.78, 5) is 31.1. The van der Waals surface area contributed by atoms with Gasteiger partial charge >= 0.3 is 0 Å². The van der Waals surface area contributed by atoms with Gasteiger partial charge in [-0.3, -0.25) is 14.6 Å². The molecule has 164 valence electrons. The Bertz CT molecular complexity index is 897. The first-order chi connectivity index (χ1) is 15.1. The molecular formula is C24H29N3O4. The van der Waals surface area contributed by atoms with E-state index < -0.39 is 11.5 Å². The molecule has 3 heterocycles. The lowest BCUT2D eigenvalue weighted by molar-refractivity contribution is -0.163. The van der Waals surface area contributed by atoms with Crippen LogP contribution in [0.3, 0.4) is 0 Å². The number of ether oxygens (including phenoxy) is 2. The molecule has 0 aliphatic carbocycles. The molecule has 7 heteroatoms. The zero-order chi connectivity index (χ0) is 21.7. The van der Waals surface area contributed by atoms with E-state index in [9.17, 15) is 9.59 Å². The summed E-state index contributed by atoms with van der Waals surface area (Å²) in [5.41, 5.74) is 7.56. The van der Waals surface area contributed by atoms with E-state index in [4.69, 9.17) is 15.2 Å². The molecular weight excluding hydrogens is 394 g/mol. The van der Waals surface area contributed by atoms with E-state index in [1.807, 2.05) is 42.6 Å². The number of nitrogens with zero attached hydrogens (tertiary/aromatic N) is 2. The van der Waals surface area contributed by atoms with Gasteiger partial charge in [0.15, 0.2) is 5.60 Å². The van der Waals surface area contributed by atoms with Crippen molar-refractivity contribution < 1.29 is 19.1 Å². The SMILES string of the molecule is NC(=O)C1(Cc2ccc(-c3cccnc3)cc2)CN(C(=O)CCC2CCCO2)CCO1. The Morgan fingerprint density at radius 3 is 2.68 bits per heavy atom. The molecule has 2 fully saturated rings. The van der Waals surface area contributed by atoms with E-state index in [2.05, 4.69) is 4.98 Å². The quantitative estimate of drug-likeness (QED) is 0.738. The van der Waals surface area contributed by atoms with Crippen LogP contribution in [0, 0.1) is 0 Å². The molecule has 31 heavy (non-hydrogen) atoms. The van der Waals surface area contributed by atoms with Crippen LogP contribution in [0.4, 0.5) is 0 Å². The van der Waals surface area contributed by atoms with Crippen molar-refractivity contribution >= 4 is 11.8 Å². The lowest BCUT2D eigenvalue weighted by Crippen LogP contribution is -2.61. The van der Waals surface area contributed by atoms with E-state index in [-0.39, 0.29) is 18.6 Å². The molecule has 1 aromatic heterocycles. The number of hydrogen-bond acceptors (Lipinski definition) is 5. The highest BCUT2D eigenvalue weighted by Gasteiger charge is 2.43. The lowest BCUT2D eigenvalue weighted by Gasteiger charge is -2.41. The van der Waals surface area contributed by atoms with Crippen LogP contribution in [0.15, 0.2) is 48.8 Å². The van der Waals surface area contributed by atoms with Gasteiger partial charge in [0, 0.05) is 38.4 Å². The molecule has 2 atom stereocenters. The number of morpholine rings is 1. The Hall–Kier alpha value is -2.77. The molecule has 7 nitrogen and oxygen atoms in total. The van der Waals surface area contributed by atoms with Crippen LogP contribution >= 0.6 is 0 Å². The van der Waals surface area contributed by atoms with Gasteiger partial charge < -0.3 is 20.1 Å². The Morgan fingerprint density at radius 1 is 1.16 bits per heavy atom. The second kappa shape index (κ2) is 9.58. The number of carbonyl (C=O) groups excluding carboxylic acids is 2. The van der Waals surface area contributed by atoms with Crippen molar-refractivity contribution in [2.24, 2.45) is 5.73 Å². The Kier molecular flexibility index (Phi) is 6.63. The van der Waals surface area contributed by atoms with Gasteiger partial charge in [-0.15, -0.1) is 0 Å². The fraction of sp³-hybridized carbons (Fsp3) is 0.458. The first-order valence-electron chi connectivity index (χ1n) is 10.9. The number of primary amides is 1. The number of hydrogen-bond donors (Lipinski definition) is 1. The van der Waals surface area contributed by atoms with Crippen LogP contribution in [0.1, 0.15) is 31.2 Å². The second-order valence-electron chi connectivity index (χ2n) is 8.31. The van der Waals surface area contributed by atoms with Crippen LogP contribution in [-0.4, -0.2) is 59.7 Å². The number of carbonyl (C=O) groups is 2. The largest absolute Gasteiger partial charge is 0.378 e. The monoisotopic (exact) mass is 423 g/mol. The molecule has 0 bridgehead atoms. The highest BCUT2D eigenvalue weighted by molar-refractivity contribution is 5.86. The molecule has 1 aromatic carbocycles. The molecule has 2 aliphatic heterocycles. The van der Waals surface area contributed by atoms with E-state index in [0.717, 1.165) is 42.6 Å². The molecule has 2 N–H and O–H groups in total. The Labute approximate surface area is 182 Å². The number of nitrogens with two attached hydrogens (primary N) is 1. The highest BCUT2D eigenvalue weighted by atomic mass is 16.5. The van der Waals surface area contributed by atoms with Gasteiger partial charge in [0.05, 0.1) is 19.3 Å². The fourth-order valence-electron chi connectivity index (χ4n) is 4.33. The van der Waals surface area contributed by atoms with Crippen LogP contribution in [0.5, 0.6) is 0 Å². The van der Waals surface area contributed by atoms with Crippen molar-refractivity contribution in [1.29, 1.82) is 0 Å². The summed E-state index contributed by atoms with van der Waals surface area (Å²) in [6.45, 7) is 1.72. The van der Waals surface area contributed by atoms with Crippen LogP contribution < -0.4 is 5.73 Å². The lowest BCUT2D eigenvalue weighted by atomic mass is 9.90. The first kappa shape index (κ1) is 21.5. The molecule has 2 amide bonds. The summed E-state index contributed by atoms with van der Waals surface area (Å²) in [5.74, 6) is -0.517. The molecule has 2 aliphatic rings. The van der Waals surface area contributed by atoms with Gasteiger partial charge in [-0.05, 0) is 42.0 Å². The third-order valence-electron chi connectivity index (χ3n) is 6.13. The normalized spacial score (nSPS) is 23.6. The topological polar surface area (TPSA) is 94.8 Å². The zero-order valence-corrected chi connectivity index (χ0v) is 17.7. The third kappa shape index (κ3) is 5.11. The summed E-state index contributed by atoms with van der Waals surface area (Å²) < 4.78 is 11.5. The maximum atomic E-state index is 12.8. The van der Waals surface area contributed by atoms with Crippen molar-refractivity contribution in [3.05, 3.63) is 54.4 Å². The minimum Gasteiger partial charge on any atom is -0.378 e. The van der Waals surface area contributed by atoms with Gasteiger partial charge in [-0.25, -0.2) is 0 Å². The van der Waals surface area contributed by atoms with E-state index in [1.165, 1.54) is 0 Å². The summed E-state index contributed by atoms with van der Waals surface area (Å²) >= 11 is 0. The second-order valence-corrected chi connectivity index (χ2v) is 8.31. The van der Waals surface area contributed by atoms with E-state index in [0.29, 0.717) is 26.0 Å². The number of aromatic nitrogens is 1. The van der Waals surface area contributed by atoms with Gasteiger partial charge in [0.2, 0.25) is 5.91 Å². The fourth-order valence-corrected chi connectivity index (χ4v) is 4.33. The Morgan fingerprint density at radius 2 is 2.00 bits per heavy atom. The smallest absolute Gasteiger partial charge is 0.251 e. The molecule has 0 saturated carbocycles. The molecule has 2 saturated heterocycles. The predicted octanol–water partition coefficient (Wildman–Crippen LogP) is 2.33. The summed E-state index contributed by atoms with van der Waals surface area (Å²) in [5, 5.41) is 0. The van der Waals surface area contributed by atoms with Crippen molar-refractivity contribution in [1.82, 2.24) is 9.88 Å². The number of rotatable bonds is 7. The summed E-state index contributed by atoms with van der Waals surface area (Å²) in [7, 11) is 0. The first-order valence-corrected chi connectivity index (χ1v) is 10.9. The van der Waals surface area contributed by atoms with E-state index in [1.54, 1.807) is 11.1 Å². The minimum absolute atomic E-state index is 0.0244. The third-order valence-corrected chi connectivity index (χ3v) is 6.13. The number of amides is 2. The number of pyridine rings is 1. The van der Waals surface area contributed by atoms with Gasteiger partial charge in [0.25, 0.3) is 5.91 Å². The van der Waals surface area contributed by atoms with Crippen LogP contribution in [0.2, 0.25) is 0 Å². The highest BCUT2D eigenvalue weighted by Crippen LogP contribution is 2.26. The van der Waals surface area contributed by atoms with E-state index >= 15 is 0 Å². The van der Waals surface area contributed by atoms with Crippen molar-refractivity contribution in [3.8, 4) is 11.1 Å². The number of benzene rings is 1. The predicted molar refractivity (Wildman–Crippen MR) is 116 cm³/mol. The van der Waals surface area contributed by atoms with Crippen molar-refractivity contribution in [2.75, 3.05) is 26.3 Å². The van der Waals surface area contributed by atoms with Gasteiger partial charge in [-0.2, -0.15) is 0 Å². The molecule has 4 rings (SSSR count). The molecule has 0 radical (unpaired) electrons.